The lowest BCUT2D eigenvalue weighted by Crippen LogP contribution is -2.50. The van der Waals surface area contributed by atoms with Crippen LogP contribution in [0.5, 0.6) is 0 Å². The smallest absolute Gasteiger partial charge is 0.243 e. The Bertz CT molecular complexity index is 871. The fraction of sp³-hybridized carbons (Fsp3) is 0.364. The fourth-order valence-corrected chi connectivity index (χ4v) is 3.74. The van der Waals surface area contributed by atoms with Crippen molar-refractivity contribution in [3.8, 4) is 0 Å². The molecule has 1 N–H and O–H groups in total. The molecule has 7 heteroatoms. The van der Waals surface area contributed by atoms with Gasteiger partial charge >= 0.3 is 0 Å². The van der Waals surface area contributed by atoms with Gasteiger partial charge < -0.3 is 10.2 Å². The van der Waals surface area contributed by atoms with E-state index in [1.807, 2.05) is 26.8 Å². The van der Waals surface area contributed by atoms with Crippen molar-refractivity contribution in [1.29, 1.82) is 0 Å². The first-order valence-electron chi connectivity index (χ1n) is 9.49. The first-order chi connectivity index (χ1) is 13.7. The van der Waals surface area contributed by atoms with E-state index in [1.54, 1.807) is 41.3 Å². The fourth-order valence-electron chi connectivity index (χ4n) is 3.06. The minimum absolute atomic E-state index is 0.0273. The maximum Gasteiger partial charge on any atom is 0.243 e. The van der Waals surface area contributed by atoms with Gasteiger partial charge in [0, 0.05) is 27.7 Å². The maximum atomic E-state index is 13.2. The van der Waals surface area contributed by atoms with E-state index in [1.165, 1.54) is 0 Å². The summed E-state index contributed by atoms with van der Waals surface area (Å²) >= 11 is 18.4. The molecule has 0 saturated heterocycles. The summed E-state index contributed by atoms with van der Waals surface area (Å²) in [6.45, 7) is 5.87. The van der Waals surface area contributed by atoms with E-state index in [0.717, 1.165) is 11.1 Å². The van der Waals surface area contributed by atoms with Gasteiger partial charge in [-0.2, -0.15) is 0 Å². The number of amides is 2. The van der Waals surface area contributed by atoms with Gasteiger partial charge in [0.15, 0.2) is 0 Å². The lowest BCUT2D eigenvalue weighted by atomic mass is 10.1. The van der Waals surface area contributed by atoms with Crippen LogP contribution in [0.15, 0.2) is 42.5 Å². The molecule has 1 atom stereocenters. The molecule has 4 nitrogen and oxygen atoms in total. The molecule has 0 saturated carbocycles. The molecule has 0 spiro atoms. The Morgan fingerprint density at radius 3 is 2.31 bits per heavy atom. The monoisotopic (exact) mass is 454 g/mol. The van der Waals surface area contributed by atoms with Crippen molar-refractivity contribution in [2.45, 2.75) is 52.2 Å². The predicted octanol–water partition coefficient (Wildman–Crippen LogP) is 5.52. The van der Waals surface area contributed by atoms with Crippen LogP contribution in [0.25, 0.3) is 0 Å². The highest BCUT2D eigenvalue weighted by Crippen LogP contribution is 2.24. The molecule has 156 valence electrons. The molecule has 0 aliphatic carbocycles. The summed E-state index contributed by atoms with van der Waals surface area (Å²) in [5.41, 5.74) is 1.51. The van der Waals surface area contributed by atoms with Gasteiger partial charge in [0.2, 0.25) is 11.8 Å². The van der Waals surface area contributed by atoms with Crippen LogP contribution in [0.1, 0.15) is 38.3 Å². The third-order valence-electron chi connectivity index (χ3n) is 4.42. The number of hydrogen-bond donors (Lipinski definition) is 1. The zero-order chi connectivity index (χ0) is 21.6. The summed E-state index contributed by atoms with van der Waals surface area (Å²) in [4.78, 5) is 27.6. The Balaban J connectivity index is 2.34. The van der Waals surface area contributed by atoms with Gasteiger partial charge in [0.05, 0.1) is 6.42 Å². The highest BCUT2D eigenvalue weighted by molar-refractivity contribution is 6.35. The van der Waals surface area contributed by atoms with Crippen molar-refractivity contribution >= 4 is 46.6 Å². The molecule has 2 rings (SSSR count). The molecule has 0 unspecified atom stereocenters. The zero-order valence-corrected chi connectivity index (χ0v) is 19.0. The van der Waals surface area contributed by atoms with Gasteiger partial charge in [-0.1, -0.05) is 59.9 Å². The SMILES string of the molecule is CC[C@H](C(=O)NC(C)C)N(Cc1ccc(Cl)cc1Cl)C(=O)Cc1cccc(Cl)c1. The lowest BCUT2D eigenvalue weighted by Gasteiger charge is -2.31. The van der Waals surface area contributed by atoms with Crippen LogP contribution in [0.2, 0.25) is 15.1 Å². The second-order valence-corrected chi connectivity index (χ2v) is 8.43. The third kappa shape index (κ3) is 6.91. The molecule has 0 bridgehead atoms. The highest BCUT2D eigenvalue weighted by Gasteiger charge is 2.29. The summed E-state index contributed by atoms with van der Waals surface area (Å²) in [7, 11) is 0. The van der Waals surface area contributed by atoms with Gasteiger partial charge in [0.1, 0.15) is 6.04 Å². The summed E-state index contributed by atoms with van der Waals surface area (Å²) in [6, 6.07) is 11.6. The molecular weight excluding hydrogens is 431 g/mol. The van der Waals surface area contributed by atoms with E-state index in [0.29, 0.717) is 21.5 Å². The minimum atomic E-state index is -0.615. The van der Waals surface area contributed by atoms with E-state index in [9.17, 15) is 9.59 Å². The van der Waals surface area contributed by atoms with Crippen molar-refractivity contribution in [3.63, 3.8) is 0 Å². The van der Waals surface area contributed by atoms with Gasteiger partial charge in [-0.15, -0.1) is 0 Å². The summed E-state index contributed by atoms with van der Waals surface area (Å²) in [5.74, 6) is -0.365. The van der Waals surface area contributed by atoms with Gasteiger partial charge in [-0.3, -0.25) is 9.59 Å². The topological polar surface area (TPSA) is 49.4 Å². The largest absolute Gasteiger partial charge is 0.352 e. The molecule has 0 heterocycles. The molecule has 0 aliphatic rings. The van der Waals surface area contributed by atoms with Gasteiger partial charge in [-0.05, 0) is 55.7 Å². The van der Waals surface area contributed by atoms with Crippen molar-refractivity contribution < 1.29 is 9.59 Å². The van der Waals surface area contributed by atoms with Crippen molar-refractivity contribution in [2.75, 3.05) is 0 Å². The summed E-state index contributed by atoms with van der Waals surface area (Å²) < 4.78 is 0. The molecule has 2 aromatic carbocycles. The Labute approximate surface area is 187 Å². The van der Waals surface area contributed by atoms with Crippen LogP contribution < -0.4 is 5.32 Å². The highest BCUT2D eigenvalue weighted by atomic mass is 35.5. The summed E-state index contributed by atoms with van der Waals surface area (Å²) in [6.07, 6.45) is 0.613. The zero-order valence-electron chi connectivity index (χ0n) is 16.7. The Morgan fingerprint density at radius 1 is 1.03 bits per heavy atom. The quantitative estimate of drug-likeness (QED) is 0.569. The van der Waals surface area contributed by atoms with E-state index in [4.69, 9.17) is 34.8 Å². The van der Waals surface area contributed by atoms with E-state index >= 15 is 0 Å². The second-order valence-electron chi connectivity index (χ2n) is 7.15. The van der Waals surface area contributed by atoms with Crippen molar-refractivity contribution in [1.82, 2.24) is 10.2 Å². The number of nitrogens with zero attached hydrogens (tertiary/aromatic N) is 1. The van der Waals surface area contributed by atoms with Crippen LogP contribution in [0.3, 0.4) is 0 Å². The molecule has 2 amide bonds. The standard InChI is InChI=1S/C22H25Cl3N2O2/c1-4-20(22(29)26-14(2)3)27(13-16-8-9-18(24)12-19(16)25)21(28)11-15-6-5-7-17(23)10-15/h5-10,12,14,20H,4,11,13H2,1-3H3,(H,26,29)/t20-/m1/s1. The van der Waals surface area contributed by atoms with E-state index in [-0.39, 0.29) is 30.8 Å². The predicted molar refractivity (Wildman–Crippen MR) is 120 cm³/mol. The first-order valence-corrected chi connectivity index (χ1v) is 10.6. The average Bonchev–Trinajstić information content (AvgIpc) is 2.62. The molecule has 29 heavy (non-hydrogen) atoms. The van der Waals surface area contributed by atoms with Crippen molar-refractivity contribution in [3.05, 3.63) is 68.7 Å². The van der Waals surface area contributed by atoms with Gasteiger partial charge in [0.25, 0.3) is 0 Å². The molecule has 0 aliphatic heterocycles. The van der Waals surface area contributed by atoms with Crippen molar-refractivity contribution in [2.24, 2.45) is 0 Å². The molecular formula is C22H25Cl3N2O2. The summed E-state index contributed by atoms with van der Waals surface area (Å²) in [5, 5.41) is 4.44. The van der Waals surface area contributed by atoms with Crippen LogP contribution in [0, 0.1) is 0 Å². The Morgan fingerprint density at radius 2 is 1.72 bits per heavy atom. The molecule has 2 aromatic rings. The van der Waals surface area contributed by atoms with Crippen LogP contribution in [-0.4, -0.2) is 28.8 Å². The van der Waals surface area contributed by atoms with Crippen LogP contribution in [0.4, 0.5) is 0 Å². The van der Waals surface area contributed by atoms with Gasteiger partial charge in [-0.25, -0.2) is 0 Å². The molecule has 0 fully saturated rings. The number of benzene rings is 2. The Kier molecular flexibility index (Phi) is 8.81. The number of halogens is 3. The second kappa shape index (κ2) is 10.9. The number of hydrogen-bond acceptors (Lipinski definition) is 2. The number of rotatable bonds is 8. The number of nitrogens with one attached hydrogen (secondary N) is 1. The molecule has 0 aromatic heterocycles. The maximum absolute atomic E-state index is 13.2. The third-order valence-corrected chi connectivity index (χ3v) is 5.24. The van der Waals surface area contributed by atoms with Crippen LogP contribution >= 0.6 is 34.8 Å². The normalized spacial score (nSPS) is 12.0. The van der Waals surface area contributed by atoms with Crippen LogP contribution in [-0.2, 0) is 22.6 Å². The lowest BCUT2D eigenvalue weighted by molar-refractivity contribution is -0.141. The van der Waals surface area contributed by atoms with E-state index in [2.05, 4.69) is 5.32 Å². The average molecular weight is 456 g/mol. The number of carbonyl (C=O) groups is 2. The minimum Gasteiger partial charge on any atom is -0.352 e. The van der Waals surface area contributed by atoms with E-state index < -0.39 is 6.04 Å². The first kappa shape index (κ1) is 23.5. The molecule has 0 radical (unpaired) electrons. The number of carbonyl (C=O) groups excluding carboxylic acids is 2. The Hall–Kier alpha value is -1.75.